The molecule has 1 amide bonds. The summed E-state index contributed by atoms with van der Waals surface area (Å²) < 4.78 is 11.0. The third-order valence-corrected chi connectivity index (χ3v) is 2.89. The minimum absolute atomic E-state index is 0.155. The van der Waals surface area contributed by atoms with Crippen molar-refractivity contribution >= 4 is 5.91 Å². The van der Waals surface area contributed by atoms with E-state index in [1.165, 1.54) is 0 Å². The molecule has 104 valence electrons. The summed E-state index contributed by atoms with van der Waals surface area (Å²) in [5.41, 5.74) is 1.59. The predicted molar refractivity (Wildman–Crippen MR) is 77.2 cm³/mol. The van der Waals surface area contributed by atoms with Crippen LogP contribution in [0, 0.1) is 0 Å². The van der Waals surface area contributed by atoms with Crippen molar-refractivity contribution in [3.8, 4) is 11.5 Å². The van der Waals surface area contributed by atoms with Crippen LogP contribution in [0.4, 0.5) is 0 Å². The lowest BCUT2D eigenvalue weighted by Gasteiger charge is -2.12. The molecule has 0 saturated carbocycles. The standard InChI is InChI=1S/C16H17NO3/c1-17-16(18)13-8-9-14(19-2)15(10-13)20-11-12-6-4-3-5-7-12/h3-10H,11H2,1-2H3,(H,17,18). The normalized spacial score (nSPS) is 9.90. The Bertz CT molecular complexity index is 582. The highest BCUT2D eigenvalue weighted by atomic mass is 16.5. The number of rotatable bonds is 5. The van der Waals surface area contributed by atoms with Gasteiger partial charge in [0.15, 0.2) is 11.5 Å². The van der Waals surface area contributed by atoms with Gasteiger partial charge in [-0.2, -0.15) is 0 Å². The Kier molecular flexibility index (Phi) is 4.60. The number of carbonyl (C=O) groups is 1. The fraction of sp³-hybridized carbons (Fsp3) is 0.188. The minimum Gasteiger partial charge on any atom is -0.493 e. The summed E-state index contributed by atoms with van der Waals surface area (Å²) in [5, 5.41) is 2.58. The first-order valence-electron chi connectivity index (χ1n) is 6.31. The molecule has 0 fully saturated rings. The number of benzene rings is 2. The summed E-state index contributed by atoms with van der Waals surface area (Å²) in [6, 6.07) is 14.9. The Morgan fingerprint density at radius 3 is 2.50 bits per heavy atom. The molecule has 0 aromatic heterocycles. The Balaban J connectivity index is 2.18. The molecule has 0 radical (unpaired) electrons. The zero-order valence-corrected chi connectivity index (χ0v) is 11.6. The summed E-state index contributed by atoms with van der Waals surface area (Å²) in [4.78, 5) is 11.6. The Labute approximate surface area is 118 Å². The monoisotopic (exact) mass is 271 g/mol. The van der Waals surface area contributed by atoms with E-state index in [4.69, 9.17) is 9.47 Å². The van der Waals surface area contributed by atoms with Gasteiger partial charge in [0, 0.05) is 12.6 Å². The van der Waals surface area contributed by atoms with Crippen LogP contribution >= 0.6 is 0 Å². The Morgan fingerprint density at radius 1 is 1.10 bits per heavy atom. The molecule has 0 bridgehead atoms. The lowest BCUT2D eigenvalue weighted by molar-refractivity contribution is 0.0962. The number of hydrogen-bond donors (Lipinski definition) is 1. The van der Waals surface area contributed by atoms with Crippen LogP contribution in [-0.2, 0) is 6.61 Å². The number of amides is 1. The summed E-state index contributed by atoms with van der Waals surface area (Å²) in [7, 11) is 3.17. The smallest absolute Gasteiger partial charge is 0.251 e. The molecule has 0 heterocycles. The van der Waals surface area contributed by atoms with Crippen LogP contribution in [-0.4, -0.2) is 20.1 Å². The summed E-state index contributed by atoms with van der Waals surface area (Å²) in [5.74, 6) is 1.00. The largest absolute Gasteiger partial charge is 0.493 e. The van der Waals surface area contributed by atoms with Gasteiger partial charge in [0.05, 0.1) is 7.11 Å². The number of hydrogen-bond acceptors (Lipinski definition) is 3. The topological polar surface area (TPSA) is 47.6 Å². The van der Waals surface area contributed by atoms with Crippen molar-refractivity contribution in [2.45, 2.75) is 6.61 Å². The van der Waals surface area contributed by atoms with Crippen molar-refractivity contribution in [1.29, 1.82) is 0 Å². The van der Waals surface area contributed by atoms with E-state index < -0.39 is 0 Å². The van der Waals surface area contributed by atoms with Crippen molar-refractivity contribution in [1.82, 2.24) is 5.32 Å². The van der Waals surface area contributed by atoms with Gasteiger partial charge in [-0.15, -0.1) is 0 Å². The molecular formula is C16H17NO3. The highest BCUT2D eigenvalue weighted by Gasteiger charge is 2.10. The molecule has 2 aromatic carbocycles. The molecule has 1 N–H and O–H groups in total. The molecule has 0 aliphatic rings. The minimum atomic E-state index is -0.155. The molecular weight excluding hydrogens is 254 g/mol. The SMILES string of the molecule is CNC(=O)c1ccc(OC)c(OCc2ccccc2)c1. The lowest BCUT2D eigenvalue weighted by Crippen LogP contribution is -2.17. The second-order valence-electron chi connectivity index (χ2n) is 4.22. The molecule has 4 heteroatoms. The van der Waals surface area contributed by atoms with E-state index in [0.29, 0.717) is 23.7 Å². The van der Waals surface area contributed by atoms with Crippen molar-refractivity contribution in [3.63, 3.8) is 0 Å². The first kappa shape index (κ1) is 13.9. The van der Waals surface area contributed by atoms with Crippen molar-refractivity contribution in [2.75, 3.05) is 14.2 Å². The average Bonchev–Trinajstić information content (AvgIpc) is 2.52. The number of nitrogens with one attached hydrogen (secondary N) is 1. The van der Waals surface area contributed by atoms with E-state index >= 15 is 0 Å². The van der Waals surface area contributed by atoms with Crippen LogP contribution in [0.2, 0.25) is 0 Å². The summed E-state index contributed by atoms with van der Waals surface area (Å²) >= 11 is 0. The van der Waals surface area contributed by atoms with E-state index in [1.807, 2.05) is 30.3 Å². The third-order valence-electron chi connectivity index (χ3n) is 2.89. The van der Waals surface area contributed by atoms with Gasteiger partial charge in [-0.1, -0.05) is 30.3 Å². The fourth-order valence-electron chi connectivity index (χ4n) is 1.81. The molecule has 0 saturated heterocycles. The number of methoxy groups -OCH3 is 1. The second-order valence-corrected chi connectivity index (χ2v) is 4.22. The lowest BCUT2D eigenvalue weighted by atomic mass is 10.2. The van der Waals surface area contributed by atoms with Crippen molar-refractivity contribution in [2.24, 2.45) is 0 Å². The third kappa shape index (κ3) is 3.29. The molecule has 0 aliphatic heterocycles. The van der Waals surface area contributed by atoms with E-state index in [2.05, 4.69) is 5.32 Å². The van der Waals surface area contributed by atoms with Gasteiger partial charge in [-0.3, -0.25) is 4.79 Å². The highest BCUT2D eigenvalue weighted by molar-refractivity contribution is 5.94. The molecule has 2 aromatic rings. The zero-order chi connectivity index (χ0) is 14.4. The highest BCUT2D eigenvalue weighted by Crippen LogP contribution is 2.28. The summed E-state index contributed by atoms with van der Waals surface area (Å²) in [6.45, 7) is 0.425. The Hall–Kier alpha value is -2.49. The first-order chi connectivity index (χ1) is 9.74. The van der Waals surface area contributed by atoms with Gasteiger partial charge in [-0.05, 0) is 23.8 Å². The van der Waals surface area contributed by atoms with Gasteiger partial charge in [-0.25, -0.2) is 0 Å². The summed E-state index contributed by atoms with van der Waals surface area (Å²) in [6.07, 6.45) is 0. The number of ether oxygens (including phenoxy) is 2. The van der Waals surface area contributed by atoms with Gasteiger partial charge in [0.25, 0.3) is 5.91 Å². The van der Waals surface area contributed by atoms with E-state index in [0.717, 1.165) is 5.56 Å². The average molecular weight is 271 g/mol. The van der Waals surface area contributed by atoms with Gasteiger partial charge in [0.2, 0.25) is 0 Å². The van der Waals surface area contributed by atoms with Gasteiger partial charge in [0.1, 0.15) is 6.61 Å². The van der Waals surface area contributed by atoms with Crippen LogP contribution < -0.4 is 14.8 Å². The first-order valence-corrected chi connectivity index (χ1v) is 6.31. The van der Waals surface area contributed by atoms with Crippen LogP contribution in [0.15, 0.2) is 48.5 Å². The molecule has 0 aliphatic carbocycles. The van der Waals surface area contributed by atoms with Crippen LogP contribution in [0.1, 0.15) is 15.9 Å². The van der Waals surface area contributed by atoms with Crippen molar-refractivity contribution < 1.29 is 14.3 Å². The maximum Gasteiger partial charge on any atom is 0.251 e. The Morgan fingerprint density at radius 2 is 1.85 bits per heavy atom. The van der Waals surface area contributed by atoms with Gasteiger partial charge < -0.3 is 14.8 Å². The molecule has 0 spiro atoms. The van der Waals surface area contributed by atoms with E-state index in [9.17, 15) is 4.79 Å². The van der Waals surface area contributed by atoms with Gasteiger partial charge >= 0.3 is 0 Å². The van der Waals surface area contributed by atoms with Crippen LogP contribution in [0.5, 0.6) is 11.5 Å². The van der Waals surface area contributed by atoms with E-state index in [1.54, 1.807) is 32.4 Å². The fourth-order valence-corrected chi connectivity index (χ4v) is 1.81. The molecule has 4 nitrogen and oxygen atoms in total. The number of carbonyl (C=O) groups excluding carboxylic acids is 1. The second kappa shape index (κ2) is 6.61. The van der Waals surface area contributed by atoms with E-state index in [-0.39, 0.29) is 5.91 Å². The zero-order valence-electron chi connectivity index (χ0n) is 11.6. The van der Waals surface area contributed by atoms with Crippen molar-refractivity contribution in [3.05, 3.63) is 59.7 Å². The quantitative estimate of drug-likeness (QED) is 0.909. The molecule has 20 heavy (non-hydrogen) atoms. The van der Waals surface area contributed by atoms with Crippen LogP contribution in [0.25, 0.3) is 0 Å². The van der Waals surface area contributed by atoms with Crippen LogP contribution in [0.3, 0.4) is 0 Å². The molecule has 0 unspecified atom stereocenters. The maximum absolute atomic E-state index is 11.6. The molecule has 2 rings (SSSR count). The predicted octanol–water partition coefficient (Wildman–Crippen LogP) is 2.63. The maximum atomic E-state index is 11.6. The molecule has 0 atom stereocenters.